The number of allylic oxidation sites excluding steroid dienone is 8. The van der Waals surface area contributed by atoms with Crippen LogP contribution in [0.5, 0.6) is 0 Å². The summed E-state index contributed by atoms with van der Waals surface area (Å²) in [5.41, 5.74) is 6.62. The van der Waals surface area contributed by atoms with Crippen molar-refractivity contribution in [2.75, 3.05) is 0 Å². The summed E-state index contributed by atoms with van der Waals surface area (Å²) in [5, 5.41) is 6.60. The molecule has 2 aliphatic rings. The summed E-state index contributed by atoms with van der Waals surface area (Å²) in [7, 11) is 0. The van der Waals surface area contributed by atoms with Gasteiger partial charge in [-0.1, -0.05) is 134 Å². The van der Waals surface area contributed by atoms with Gasteiger partial charge in [0.05, 0.1) is 6.20 Å². The van der Waals surface area contributed by atoms with Gasteiger partial charge in [0.2, 0.25) is 0 Å². The molecule has 5 nitrogen and oxygen atoms in total. The molecule has 0 N–H and O–H groups in total. The molecule has 0 amide bonds. The molecule has 2 aliphatic carbocycles. The predicted octanol–water partition coefficient (Wildman–Crippen LogP) is 10.8. The first-order valence-electron chi connectivity index (χ1n) is 16.6. The SMILES string of the molecule is C1=CC2C=CC(c3nc(-c4ccc5ccccc5c4)nc(-c4cccc5c(-c6cncc7oc8ccccc8c67)cccc45)n3)=CC2C=C1. The van der Waals surface area contributed by atoms with Crippen molar-refractivity contribution in [2.24, 2.45) is 11.8 Å². The van der Waals surface area contributed by atoms with E-state index in [1.807, 2.05) is 24.4 Å². The Morgan fingerprint density at radius 3 is 2.16 bits per heavy atom. The third-order valence-corrected chi connectivity index (χ3v) is 9.73. The van der Waals surface area contributed by atoms with Crippen LogP contribution in [-0.4, -0.2) is 19.9 Å². The molecule has 2 unspecified atom stereocenters. The molecular formula is C44H28N4O. The van der Waals surface area contributed by atoms with E-state index in [9.17, 15) is 0 Å². The lowest BCUT2D eigenvalue weighted by Gasteiger charge is -2.22. The van der Waals surface area contributed by atoms with Gasteiger partial charge >= 0.3 is 0 Å². The number of hydrogen-bond acceptors (Lipinski definition) is 5. The molecule has 2 atom stereocenters. The maximum Gasteiger partial charge on any atom is 0.164 e. The van der Waals surface area contributed by atoms with Gasteiger partial charge in [-0.05, 0) is 39.2 Å². The minimum Gasteiger partial charge on any atom is -0.454 e. The van der Waals surface area contributed by atoms with E-state index >= 15 is 0 Å². The van der Waals surface area contributed by atoms with Crippen LogP contribution in [0, 0.1) is 11.8 Å². The summed E-state index contributed by atoms with van der Waals surface area (Å²) in [6.07, 6.45) is 19.1. The largest absolute Gasteiger partial charge is 0.454 e. The Labute approximate surface area is 282 Å². The summed E-state index contributed by atoms with van der Waals surface area (Å²) < 4.78 is 6.20. The van der Waals surface area contributed by atoms with Crippen molar-refractivity contribution in [1.29, 1.82) is 0 Å². The molecular weight excluding hydrogens is 601 g/mol. The van der Waals surface area contributed by atoms with Gasteiger partial charge in [-0.15, -0.1) is 0 Å². The Bertz CT molecular complexity index is 2750. The van der Waals surface area contributed by atoms with E-state index in [1.165, 1.54) is 5.39 Å². The van der Waals surface area contributed by atoms with E-state index in [0.29, 0.717) is 23.4 Å². The maximum atomic E-state index is 6.20. The number of pyridine rings is 1. The van der Waals surface area contributed by atoms with Crippen molar-refractivity contribution < 1.29 is 4.42 Å². The fourth-order valence-corrected chi connectivity index (χ4v) is 7.33. The Balaban J connectivity index is 1.18. The monoisotopic (exact) mass is 628 g/mol. The van der Waals surface area contributed by atoms with Gasteiger partial charge in [0, 0.05) is 51.1 Å². The molecule has 3 aromatic heterocycles. The number of benzene rings is 5. The second-order valence-corrected chi connectivity index (χ2v) is 12.6. The summed E-state index contributed by atoms with van der Waals surface area (Å²) in [6.45, 7) is 0. The number of furan rings is 1. The first-order chi connectivity index (χ1) is 24.3. The van der Waals surface area contributed by atoms with Crippen molar-refractivity contribution in [3.8, 4) is 33.9 Å². The normalized spacial score (nSPS) is 16.9. The zero-order chi connectivity index (χ0) is 32.3. The van der Waals surface area contributed by atoms with Gasteiger partial charge in [0.25, 0.3) is 0 Å². The summed E-state index contributed by atoms with van der Waals surface area (Å²) in [6, 6.07) is 35.7. The van der Waals surface area contributed by atoms with Crippen molar-refractivity contribution in [3.05, 3.63) is 164 Å². The quantitative estimate of drug-likeness (QED) is 0.194. The lowest BCUT2D eigenvalue weighted by atomic mass is 9.83. The zero-order valence-corrected chi connectivity index (χ0v) is 26.4. The van der Waals surface area contributed by atoms with E-state index in [0.717, 1.165) is 65.9 Å². The highest BCUT2D eigenvalue weighted by atomic mass is 16.3. The van der Waals surface area contributed by atoms with Crippen LogP contribution in [0.4, 0.5) is 0 Å². The molecule has 0 aliphatic heterocycles. The van der Waals surface area contributed by atoms with Crippen molar-refractivity contribution in [1.82, 2.24) is 19.9 Å². The molecule has 0 saturated heterocycles. The molecule has 0 fully saturated rings. The van der Waals surface area contributed by atoms with Gasteiger partial charge in [-0.25, -0.2) is 15.0 Å². The van der Waals surface area contributed by atoms with Gasteiger partial charge < -0.3 is 4.42 Å². The van der Waals surface area contributed by atoms with Crippen LogP contribution < -0.4 is 0 Å². The van der Waals surface area contributed by atoms with Gasteiger partial charge in [0.1, 0.15) is 5.58 Å². The van der Waals surface area contributed by atoms with Crippen LogP contribution in [0.2, 0.25) is 0 Å². The van der Waals surface area contributed by atoms with E-state index in [1.54, 1.807) is 6.20 Å². The summed E-state index contributed by atoms with van der Waals surface area (Å²) in [5.74, 6) is 2.56. The third-order valence-electron chi connectivity index (χ3n) is 9.73. The lowest BCUT2D eigenvalue weighted by molar-refractivity contribution is 0.662. The number of para-hydroxylation sites is 1. The van der Waals surface area contributed by atoms with Crippen LogP contribution >= 0.6 is 0 Å². The Kier molecular flexibility index (Phi) is 6.24. The van der Waals surface area contributed by atoms with Crippen LogP contribution in [-0.2, 0) is 0 Å². The molecule has 49 heavy (non-hydrogen) atoms. The molecule has 0 bridgehead atoms. The minimum absolute atomic E-state index is 0.268. The second kappa shape index (κ2) is 11.1. The first-order valence-corrected chi connectivity index (χ1v) is 16.6. The molecule has 5 heteroatoms. The Morgan fingerprint density at radius 2 is 1.24 bits per heavy atom. The van der Waals surface area contributed by atoms with Crippen LogP contribution in [0.15, 0.2) is 162 Å². The molecule has 5 aromatic carbocycles. The smallest absolute Gasteiger partial charge is 0.164 e. The molecule has 10 rings (SSSR count). The number of fused-ring (bicyclic) bond motifs is 6. The van der Waals surface area contributed by atoms with E-state index in [2.05, 4.69) is 132 Å². The van der Waals surface area contributed by atoms with Crippen LogP contribution in [0.25, 0.3) is 83.0 Å². The fourth-order valence-electron chi connectivity index (χ4n) is 7.33. The van der Waals surface area contributed by atoms with Gasteiger partial charge in [0.15, 0.2) is 23.1 Å². The number of nitrogens with zero attached hydrogens (tertiary/aromatic N) is 4. The second-order valence-electron chi connectivity index (χ2n) is 12.6. The van der Waals surface area contributed by atoms with Crippen molar-refractivity contribution in [3.63, 3.8) is 0 Å². The van der Waals surface area contributed by atoms with Crippen LogP contribution in [0.1, 0.15) is 5.82 Å². The lowest BCUT2D eigenvalue weighted by Crippen LogP contribution is -2.12. The van der Waals surface area contributed by atoms with Crippen LogP contribution in [0.3, 0.4) is 0 Å². The number of aromatic nitrogens is 4. The average Bonchev–Trinajstić information content (AvgIpc) is 3.56. The molecule has 230 valence electrons. The zero-order valence-electron chi connectivity index (χ0n) is 26.4. The highest BCUT2D eigenvalue weighted by Gasteiger charge is 2.22. The number of hydrogen-bond donors (Lipinski definition) is 0. The van der Waals surface area contributed by atoms with E-state index in [4.69, 9.17) is 19.4 Å². The molecule has 0 radical (unpaired) electrons. The summed E-state index contributed by atoms with van der Waals surface area (Å²) in [4.78, 5) is 20.0. The summed E-state index contributed by atoms with van der Waals surface area (Å²) >= 11 is 0. The van der Waals surface area contributed by atoms with E-state index in [-0.39, 0.29) is 5.92 Å². The van der Waals surface area contributed by atoms with Crippen molar-refractivity contribution in [2.45, 2.75) is 0 Å². The first kappa shape index (κ1) is 27.6. The van der Waals surface area contributed by atoms with Gasteiger partial charge in [-0.2, -0.15) is 0 Å². The standard InChI is InChI=1S/C44H28N4O/c1-3-11-29-23-31(21-19-27(29)9-1)42-46-43(32-22-20-28-10-2-4-12-30(28)24-32)48-44(47-42)36-17-8-14-33-34(36)15-7-16-35(33)38-25-45-26-40-41(38)37-13-5-6-18-39(37)49-40/h1-27,29H. The molecule has 0 spiro atoms. The molecule has 8 aromatic rings. The van der Waals surface area contributed by atoms with Gasteiger partial charge in [-0.3, -0.25) is 4.98 Å². The topological polar surface area (TPSA) is 64.7 Å². The highest BCUT2D eigenvalue weighted by Crippen LogP contribution is 2.41. The predicted molar refractivity (Wildman–Crippen MR) is 199 cm³/mol. The van der Waals surface area contributed by atoms with E-state index < -0.39 is 0 Å². The Hall–Kier alpha value is -6.46. The number of rotatable bonds is 4. The van der Waals surface area contributed by atoms with Crippen molar-refractivity contribution >= 4 is 49.1 Å². The Morgan fingerprint density at radius 1 is 0.510 bits per heavy atom. The average molecular weight is 629 g/mol. The third kappa shape index (κ3) is 4.62. The minimum atomic E-state index is 0.268. The fraction of sp³-hybridized carbons (Fsp3) is 0.0455. The maximum absolute atomic E-state index is 6.20. The highest BCUT2D eigenvalue weighted by molar-refractivity contribution is 6.15. The molecule has 3 heterocycles. The molecule has 0 saturated carbocycles.